The molecule has 0 N–H and O–H groups in total. The van der Waals surface area contributed by atoms with Crippen LogP contribution in [-0.2, 0) is 0 Å². The molecule has 32 valence electrons. The molecule has 0 aromatic carbocycles. The van der Waals surface area contributed by atoms with E-state index in [1.54, 1.807) is 5.51 Å². The highest BCUT2D eigenvalue weighted by atomic mass is 32.1. The molecule has 0 radical (unpaired) electrons. The first-order chi connectivity index (χ1) is 2.89. The monoisotopic (exact) mass is 118 g/mol. The van der Waals surface area contributed by atoms with E-state index in [1.165, 1.54) is 11.5 Å². The highest BCUT2D eigenvalue weighted by molar-refractivity contribution is 7.27. The van der Waals surface area contributed by atoms with Crippen LogP contribution in [0, 0.1) is 0 Å². The maximum atomic E-state index is 3.81. The molecule has 0 aliphatic heterocycles. The SMILES string of the molecule is Pc1ncsn1. The van der Waals surface area contributed by atoms with E-state index in [2.05, 4.69) is 18.6 Å². The minimum absolute atomic E-state index is 0.778. The van der Waals surface area contributed by atoms with E-state index >= 15 is 0 Å². The Hall–Kier alpha value is -0.0100. The summed E-state index contributed by atoms with van der Waals surface area (Å²) in [5.74, 6) is 0. The van der Waals surface area contributed by atoms with Gasteiger partial charge in [0.25, 0.3) is 0 Å². The second-order valence-corrected chi connectivity index (χ2v) is 1.91. The van der Waals surface area contributed by atoms with Crippen molar-refractivity contribution in [3.8, 4) is 0 Å². The summed E-state index contributed by atoms with van der Waals surface area (Å²) in [5, 5.41) is 0. The van der Waals surface area contributed by atoms with Crippen molar-refractivity contribution in [3.63, 3.8) is 0 Å². The molecule has 1 aromatic rings. The molecular formula is C2H3N2PS. The molecule has 1 rings (SSSR count). The van der Waals surface area contributed by atoms with E-state index in [-0.39, 0.29) is 0 Å². The van der Waals surface area contributed by atoms with Gasteiger partial charge in [-0.25, -0.2) is 4.98 Å². The van der Waals surface area contributed by atoms with Gasteiger partial charge in [0.15, 0.2) is 5.57 Å². The van der Waals surface area contributed by atoms with E-state index in [0.29, 0.717) is 0 Å². The first-order valence-electron chi connectivity index (χ1n) is 1.41. The second-order valence-electron chi connectivity index (χ2n) is 0.789. The van der Waals surface area contributed by atoms with Crippen LogP contribution in [-0.4, -0.2) is 9.36 Å². The summed E-state index contributed by atoms with van der Waals surface area (Å²) in [6.45, 7) is 0. The fraction of sp³-hybridized carbons (Fsp3) is 0. The summed E-state index contributed by atoms with van der Waals surface area (Å²) in [4.78, 5) is 3.79. The smallest absolute Gasteiger partial charge is 0.157 e. The van der Waals surface area contributed by atoms with Gasteiger partial charge >= 0.3 is 0 Å². The van der Waals surface area contributed by atoms with Gasteiger partial charge in [0, 0.05) is 0 Å². The van der Waals surface area contributed by atoms with Crippen LogP contribution in [0.4, 0.5) is 0 Å². The molecule has 0 fully saturated rings. The van der Waals surface area contributed by atoms with Gasteiger partial charge in [0.2, 0.25) is 0 Å². The molecule has 0 aliphatic carbocycles. The minimum atomic E-state index is 0.778. The Morgan fingerprint density at radius 2 is 2.67 bits per heavy atom. The van der Waals surface area contributed by atoms with E-state index in [1.807, 2.05) is 0 Å². The van der Waals surface area contributed by atoms with Crippen molar-refractivity contribution in [1.29, 1.82) is 0 Å². The maximum absolute atomic E-state index is 3.81. The predicted molar refractivity (Wildman–Crippen MR) is 29.3 cm³/mol. The number of hydrogen-bond acceptors (Lipinski definition) is 3. The molecule has 0 saturated carbocycles. The number of rotatable bonds is 0. The Morgan fingerprint density at radius 1 is 1.83 bits per heavy atom. The Kier molecular flexibility index (Phi) is 1.13. The summed E-state index contributed by atoms with van der Waals surface area (Å²) in [6.07, 6.45) is 0. The van der Waals surface area contributed by atoms with Crippen LogP contribution in [0.25, 0.3) is 0 Å². The van der Waals surface area contributed by atoms with Crippen molar-refractivity contribution in [1.82, 2.24) is 9.36 Å². The van der Waals surface area contributed by atoms with Crippen LogP contribution in [0.3, 0.4) is 0 Å². The van der Waals surface area contributed by atoms with Crippen LogP contribution in [0.5, 0.6) is 0 Å². The Morgan fingerprint density at radius 3 is 2.83 bits per heavy atom. The van der Waals surface area contributed by atoms with Crippen LogP contribution < -0.4 is 5.57 Å². The van der Waals surface area contributed by atoms with Gasteiger partial charge in [0.1, 0.15) is 5.51 Å². The van der Waals surface area contributed by atoms with Gasteiger partial charge in [-0.1, -0.05) is 9.24 Å². The van der Waals surface area contributed by atoms with Crippen LogP contribution in [0.15, 0.2) is 5.51 Å². The Labute approximate surface area is 42.0 Å². The first-order valence-corrected chi connectivity index (χ1v) is 2.83. The van der Waals surface area contributed by atoms with Gasteiger partial charge in [-0.15, -0.1) is 0 Å². The van der Waals surface area contributed by atoms with E-state index in [9.17, 15) is 0 Å². The molecule has 0 saturated heterocycles. The standard InChI is InChI=1S/C2H3N2PS/c5-2-3-1-6-4-2/h1H,5H2. The fourth-order valence-corrected chi connectivity index (χ4v) is 0.901. The van der Waals surface area contributed by atoms with Gasteiger partial charge in [-0.05, 0) is 11.5 Å². The van der Waals surface area contributed by atoms with E-state index < -0.39 is 0 Å². The summed E-state index contributed by atoms with van der Waals surface area (Å²) in [7, 11) is 2.40. The van der Waals surface area contributed by atoms with E-state index in [0.717, 1.165) is 5.57 Å². The third-order valence-electron chi connectivity index (χ3n) is 0.378. The van der Waals surface area contributed by atoms with Crippen molar-refractivity contribution in [2.24, 2.45) is 0 Å². The average molecular weight is 118 g/mol. The number of nitrogens with zero attached hydrogens (tertiary/aromatic N) is 2. The lowest BCUT2D eigenvalue weighted by Crippen LogP contribution is -1.89. The summed E-state index contributed by atoms with van der Waals surface area (Å²) >= 11 is 1.36. The molecule has 0 spiro atoms. The van der Waals surface area contributed by atoms with Crippen molar-refractivity contribution < 1.29 is 0 Å². The van der Waals surface area contributed by atoms with Crippen LogP contribution in [0.2, 0.25) is 0 Å². The third-order valence-corrected chi connectivity index (χ3v) is 1.34. The van der Waals surface area contributed by atoms with Gasteiger partial charge in [0.05, 0.1) is 0 Å². The lowest BCUT2D eigenvalue weighted by molar-refractivity contribution is 1.43. The number of aromatic nitrogens is 2. The van der Waals surface area contributed by atoms with Crippen molar-refractivity contribution in [2.75, 3.05) is 0 Å². The van der Waals surface area contributed by atoms with Gasteiger partial charge in [-0.3, -0.25) is 0 Å². The molecule has 0 aliphatic rings. The molecule has 0 bridgehead atoms. The highest BCUT2D eigenvalue weighted by Crippen LogP contribution is 1.82. The zero-order valence-corrected chi connectivity index (χ0v) is 4.93. The largest absolute Gasteiger partial charge is 0.224 e. The van der Waals surface area contributed by atoms with Crippen LogP contribution in [0.1, 0.15) is 0 Å². The highest BCUT2D eigenvalue weighted by Gasteiger charge is 1.78. The number of hydrogen-bond donors (Lipinski definition) is 0. The lowest BCUT2D eigenvalue weighted by atomic mass is 11.3. The zero-order valence-electron chi connectivity index (χ0n) is 2.96. The summed E-state index contributed by atoms with van der Waals surface area (Å²) in [5.41, 5.74) is 2.47. The summed E-state index contributed by atoms with van der Waals surface area (Å²) in [6, 6.07) is 0. The fourth-order valence-electron chi connectivity index (χ4n) is 0.179. The van der Waals surface area contributed by atoms with Gasteiger partial charge in [-0.2, -0.15) is 4.37 Å². The Balaban J connectivity index is 3.05. The third kappa shape index (κ3) is 0.730. The maximum Gasteiger partial charge on any atom is 0.157 e. The average Bonchev–Trinajstić information content (AvgIpc) is 1.86. The molecule has 4 heteroatoms. The molecular weight excluding hydrogens is 115 g/mol. The molecule has 1 heterocycles. The lowest BCUT2D eigenvalue weighted by Gasteiger charge is -1.63. The quantitative estimate of drug-likeness (QED) is 0.449. The molecule has 0 amide bonds. The van der Waals surface area contributed by atoms with Crippen molar-refractivity contribution in [2.45, 2.75) is 0 Å². The molecule has 6 heavy (non-hydrogen) atoms. The minimum Gasteiger partial charge on any atom is -0.224 e. The van der Waals surface area contributed by atoms with E-state index in [4.69, 9.17) is 0 Å². The van der Waals surface area contributed by atoms with Gasteiger partial charge < -0.3 is 0 Å². The zero-order chi connectivity index (χ0) is 4.41. The topological polar surface area (TPSA) is 25.8 Å². The molecule has 2 nitrogen and oxygen atoms in total. The Bertz CT molecular complexity index is 115. The summed E-state index contributed by atoms with van der Waals surface area (Å²) < 4.78 is 3.81. The second kappa shape index (κ2) is 1.63. The predicted octanol–water partition coefficient (Wildman–Crippen LogP) is 0.0385. The van der Waals surface area contributed by atoms with Crippen molar-refractivity contribution in [3.05, 3.63) is 5.51 Å². The molecule has 1 aromatic heterocycles. The first kappa shape index (κ1) is 4.16. The van der Waals surface area contributed by atoms with Crippen LogP contribution >= 0.6 is 20.8 Å². The molecule has 1 atom stereocenters. The molecule has 1 unspecified atom stereocenters. The van der Waals surface area contributed by atoms with Crippen molar-refractivity contribution >= 4 is 26.3 Å². The normalized spacial score (nSPS) is 8.83.